The van der Waals surface area contributed by atoms with Gasteiger partial charge in [-0.05, 0) is 48.5 Å². The third-order valence-electron chi connectivity index (χ3n) is 3.94. The topological polar surface area (TPSA) is 71.3 Å². The Balaban J connectivity index is 1.87. The van der Waals surface area contributed by atoms with Gasteiger partial charge in [0.25, 0.3) is 5.91 Å². The zero-order valence-electron chi connectivity index (χ0n) is 16.2. The highest BCUT2D eigenvalue weighted by Crippen LogP contribution is 2.35. The maximum absolute atomic E-state index is 12.8. The summed E-state index contributed by atoms with van der Waals surface area (Å²) in [5.41, 5.74) is 0.160. The molecule has 6 nitrogen and oxygen atoms in total. The summed E-state index contributed by atoms with van der Waals surface area (Å²) in [6, 6.07) is 13.1. The lowest BCUT2D eigenvalue weighted by atomic mass is 10.1. The molecule has 0 aliphatic carbocycles. The molecule has 0 bridgehead atoms. The summed E-state index contributed by atoms with van der Waals surface area (Å²) >= 11 is 0.941. The van der Waals surface area contributed by atoms with Crippen LogP contribution in [-0.2, 0) is 20.5 Å². The summed E-state index contributed by atoms with van der Waals surface area (Å²) in [5.74, 6) is -1.12. The van der Waals surface area contributed by atoms with E-state index in [1.807, 2.05) is 0 Å². The van der Waals surface area contributed by atoms with Gasteiger partial charge in [-0.25, -0.2) is 4.79 Å². The van der Waals surface area contributed by atoms with Crippen molar-refractivity contribution in [3.8, 4) is 0 Å². The molecule has 1 fully saturated rings. The smallest absolute Gasteiger partial charge is 0.416 e. The van der Waals surface area contributed by atoms with Crippen LogP contribution in [0.5, 0.6) is 0 Å². The standard InChI is InChI=1S/C21H16F3N3O3S/c1-2-30-18(28)12-17-19(29)27(16-6-4-3-5-7-16)20(31-17)26-25-13-14-8-10-15(11-9-14)21(22,23)24/h3-13H,2H2,1H3/b17-12+,25-13+,26-20-. The lowest BCUT2D eigenvalue weighted by Crippen LogP contribution is -2.28. The lowest BCUT2D eigenvalue weighted by molar-refractivity contribution is -0.138. The number of esters is 1. The molecule has 0 aromatic heterocycles. The molecule has 31 heavy (non-hydrogen) atoms. The maximum atomic E-state index is 12.8. The van der Waals surface area contributed by atoms with Gasteiger partial charge in [0.15, 0.2) is 0 Å². The zero-order chi connectivity index (χ0) is 22.4. The van der Waals surface area contributed by atoms with Gasteiger partial charge in [-0.2, -0.15) is 18.3 Å². The van der Waals surface area contributed by atoms with Crippen LogP contribution in [0.2, 0.25) is 0 Å². The quantitative estimate of drug-likeness (QED) is 0.290. The number of amidine groups is 1. The van der Waals surface area contributed by atoms with Crippen molar-refractivity contribution >= 4 is 40.7 Å². The van der Waals surface area contributed by atoms with E-state index in [9.17, 15) is 22.8 Å². The van der Waals surface area contributed by atoms with E-state index in [4.69, 9.17) is 4.74 Å². The Bertz CT molecular complexity index is 1050. The normalized spacial score (nSPS) is 17.2. The highest BCUT2D eigenvalue weighted by atomic mass is 32.2. The van der Waals surface area contributed by atoms with Crippen molar-refractivity contribution in [3.05, 3.63) is 76.7 Å². The van der Waals surface area contributed by atoms with Gasteiger partial charge in [-0.1, -0.05) is 30.3 Å². The SMILES string of the molecule is CCOC(=O)/C=C1/S/C(=N\N=C\c2ccc(C(F)(F)F)cc2)N(c2ccccc2)C1=O. The molecule has 1 aliphatic rings. The van der Waals surface area contributed by atoms with Crippen molar-refractivity contribution in [2.24, 2.45) is 10.2 Å². The van der Waals surface area contributed by atoms with Crippen LogP contribution in [0.25, 0.3) is 0 Å². The largest absolute Gasteiger partial charge is 0.463 e. The highest BCUT2D eigenvalue weighted by Gasteiger charge is 2.35. The van der Waals surface area contributed by atoms with Gasteiger partial charge in [0, 0.05) is 6.08 Å². The minimum absolute atomic E-state index is 0.116. The second-order valence-corrected chi connectivity index (χ2v) is 7.09. The highest BCUT2D eigenvalue weighted by molar-refractivity contribution is 8.19. The molecule has 1 heterocycles. The summed E-state index contributed by atoms with van der Waals surface area (Å²) < 4.78 is 42.8. The summed E-state index contributed by atoms with van der Waals surface area (Å²) in [4.78, 5) is 26.0. The maximum Gasteiger partial charge on any atom is 0.416 e. The van der Waals surface area contributed by atoms with Crippen molar-refractivity contribution in [2.45, 2.75) is 13.1 Å². The molecule has 2 aromatic carbocycles. The predicted molar refractivity (Wildman–Crippen MR) is 113 cm³/mol. The first-order chi connectivity index (χ1) is 14.8. The summed E-state index contributed by atoms with van der Waals surface area (Å²) in [7, 11) is 0. The number of ether oxygens (including phenoxy) is 1. The number of carbonyl (C=O) groups excluding carboxylic acids is 2. The molecule has 160 valence electrons. The molecule has 0 unspecified atom stereocenters. The summed E-state index contributed by atoms with van der Waals surface area (Å²) in [6.45, 7) is 1.82. The lowest BCUT2D eigenvalue weighted by Gasteiger charge is -2.14. The van der Waals surface area contributed by atoms with Crippen molar-refractivity contribution < 1.29 is 27.5 Å². The van der Waals surface area contributed by atoms with Crippen molar-refractivity contribution in [3.63, 3.8) is 0 Å². The average molecular weight is 447 g/mol. The molecule has 0 atom stereocenters. The van der Waals surface area contributed by atoms with E-state index in [0.29, 0.717) is 11.3 Å². The number of amides is 1. The van der Waals surface area contributed by atoms with Crippen LogP contribution in [-0.4, -0.2) is 29.9 Å². The van der Waals surface area contributed by atoms with Gasteiger partial charge in [0.2, 0.25) is 5.17 Å². The Morgan fingerprint density at radius 2 is 1.81 bits per heavy atom. The number of carbonyl (C=O) groups is 2. The third kappa shape index (κ3) is 5.60. The van der Waals surface area contributed by atoms with Crippen LogP contribution in [0, 0.1) is 0 Å². The number of rotatable bonds is 5. The Morgan fingerprint density at radius 1 is 1.13 bits per heavy atom. The average Bonchev–Trinajstić information content (AvgIpc) is 3.03. The van der Waals surface area contributed by atoms with Crippen LogP contribution in [0.15, 0.2) is 75.8 Å². The molecule has 1 aliphatic heterocycles. The number of benzene rings is 2. The number of nitrogens with zero attached hydrogens (tertiary/aromatic N) is 3. The molecule has 1 amide bonds. The molecule has 1 saturated heterocycles. The molecule has 0 radical (unpaired) electrons. The number of thioether (sulfide) groups is 1. The fourth-order valence-electron chi connectivity index (χ4n) is 2.54. The first kappa shape index (κ1) is 22.3. The van der Waals surface area contributed by atoms with E-state index < -0.39 is 23.6 Å². The number of halogens is 3. The van der Waals surface area contributed by atoms with Gasteiger partial charge in [-0.15, -0.1) is 5.10 Å². The molecule has 0 N–H and O–H groups in total. The van der Waals surface area contributed by atoms with Crippen LogP contribution < -0.4 is 4.90 Å². The third-order valence-corrected chi connectivity index (χ3v) is 4.90. The van der Waals surface area contributed by atoms with Gasteiger partial charge in [-0.3, -0.25) is 9.69 Å². The minimum atomic E-state index is -4.42. The van der Waals surface area contributed by atoms with Crippen LogP contribution in [0.3, 0.4) is 0 Å². The molecule has 0 saturated carbocycles. The zero-order valence-corrected chi connectivity index (χ0v) is 17.0. The van der Waals surface area contributed by atoms with E-state index in [-0.39, 0.29) is 16.7 Å². The van der Waals surface area contributed by atoms with Gasteiger partial charge in [0.1, 0.15) is 0 Å². The molecular weight excluding hydrogens is 431 g/mol. The second kappa shape index (κ2) is 9.61. The summed E-state index contributed by atoms with van der Waals surface area (Å²) in [6.07, 6.45) is -2.06. The molecule has 0 spiro atoms. The first-order valence-electron chi connectivity index (χ1n) is 9.03. The fourth-order valence-corrected chi connectivity index (χ4v) is 3.44. The summed E-state index contributed by atoms with van der Waals surface area (Å²) in [5, 5.41) is 8.13. The van der Waals surface area contributed by atoms with E-state index in [1.165, 1.54) is 23.2 Å². The van der Waals surface area contributed by atoms with E-state index in [1.54, 1.807) is 37.3 Å². The van der Waals surface area contributed by atoms with Crippen LogP contribution >= 0.6 is 11.8 Å². The van der Waals surface area contributed by atoms with E-state index in [0.717, 1.165) is 30.0 Å². The molecule has 10 heteroatoms. The monoisotopic (exact) mass is 447 g/mol. The molecule has 2 aromatic rings. The number of hydrogen-bond donors (Lipinski definition) is 0. The van der Waals surface area contributed by atoms with E-state index in [2.05, 4.69) is 10.2 Å². The number of anilines is 1. The Hall–Kier alpha value is -3.40. The van der Waals surface area contributed by atoms with Crippen molar-refractivity contribution in [1.29, 1.82) is 0 Å². The fraction of sp³-hybridized carbons (Fsp3) is 0.143. The number of alkyl halides is 3. The minimum Gasteiger partial charge on any atom is -0.463 e. The van der Waals surface area contributed by atoms with Gasteiger partial charge >= 0.3 is 12.1 Å². The van der Waals surface area contributed by atoms with Gasteiger partial charge in [0.05, 0.1) is 29.0 Å². The number of hydrogen-bond acceptors (Lipinski definition) is 6. The first-order valence-corrected chi connectivity index (χ1v) is 9.85. The number of para-hydroxylation sites is 1. The Morgan fingerprint density at radius 3 is 2.42 bits per heavy atom. The van der Waals surface area contributed by atoms with Crippen molar-refractivity contribution in [2.75, 3.05) is 11.5 Å². The van der Waals surface area contributed by atoms with Gasteiger partial charge < -0.3 is 4.74 Å². The Kier molecular flexibility index (Phi) is 6.91. The van der Waals surface area contributed by atoms with Crippen LogP contribution in [0.1, 0.15) is 18.1 Å². The van der Waals surface area contributed by atoms with Crippen LogP contribution in [0.4, 0.5) is 18.9 Å². The van der Waals surface area contributed by atoms with E-state index >= 15 is 0 Å². The van der Waals surface area contributed by atoms with Crippen molar-refractivity contribution in [1.82, 2.24) is 0 Å². The molecule has 3 rings (SSSR count). The predicted octanol–water partition coefficient (Wildman–Crippen LogP) is 4.62. The molecular formula is C21H16F3N3O3S. The second-order valence-electron chi connectivity index (χ2n) is 6.09. The Labute approximate surface area is 180 Å².